The molecular weight excluding hydrogens is 499 g/mol. The quantitative estimate of drug-likeness (QED) is 0.347. The number of hydrogen-bond donors (Lipinski definition) is 2. The first-order valence-corrected chi connectivity index (χ1v) is 12.6. The molecule has 0 saturated carbocycles. The lowest BCUT2D eigenvalue weighted by molar-refractivity contribution is -0.152. The van der Waals surface area contributed by atoms with Crippen molar-refractivity contribution in [2.75, 3.05) is 33.4 Å². The van der Waals surface area contributed by atoms with Crippen molar-refractivity contribution in [2.24, 2.45) is 11.1 Å². The Balaban J connectivity index is 1.34. The summed E-state index contributed by atoms with van der Waals surface area (Å²) in [5.74, 6) is -4.30. The Morgan fingerprint density at radius 3 is 2.47 bits per heavy atom. The molecule has 1 saturated heterocycles. The van der Waals surface area contributed by atoms with Gasteiger partial charge < -0.3 is 20.3 Å². The normalized spacial score (nSPS) is 15.5. The van der Waals surface area contributed by atoms with Crippen molar-refractivity contribution >= 4 is 16.9 Å². The molecule has 0 unspecified atom stereocenters. The summed E-state index contributed by atoms with van der Waals surface area (Å²) >= 11 is 0. The monoisotopic (exact) mass is 531 g/mol. The van der Waals surface area contributed by atoms with Crippen LogP contribution >= 0.6 is 0 Å². The molecule has 2 heterocycles. The highest BCUT2D eigenvalue weighted by atomic mass is 19.2. The molecule has 204 valence electrons. The Kier molecular flexibility index (Phi) is 8.73. The van der Waals surface area contributed by atoms with Crippen LogP contribution in [0.1, 0.15) is 36.8 Å². The highest BCUT2D eigenvalue weighted by Crippen LogP contribution is 2.38. The van der Waals surface area contributed by atoms with Gasteiger partial charge in [0.2, 0.25) is 0 Å². The Bertz CT molecular complexity index is 1270. The molecule has 10 heteroatoms. The van der Waals surface area contributed by atoms with Crippen molar-refractivity contribution in [2.45, 2.75) is 38.6 Å². The lowest BCUT2D eigenvalue weighted by Crippen LogP contribution is -2.45. The minimum absolute atomic E-state index is 0.0867. The smallest absolute Gasteiger partial charge is 0.309 e. The van der Waals surface area contributed by atoms with Crippen molar-refractivity contribution in [3.05, 3.63) is 65.1 Å². The standard InChI is InChI=1S/C28H32F3N3O4/c1-37-19-4-5-25-22(13-19)21(18(16-32)17-33-25)3-2-6-28(27(35)36)7-9-34(10-8-28)11-12-38-20-14-23(29)26(31)24(30)15-20/h4-5,13-15,17H,2-3,6-12,16,32H2,1H3,(H,35,36). The molecule has 0 amide bonds. The number of nitrogens with zero attached hydrogens (tertiary/aromatic N) is 2. The number of hydrogen-bond acceptors (Lipinski definition) is 6. The molecule has 7 nitrogen and oxygen atoms in total. The van der Waals surface area contributed by atoms with Crippen LogP contribution in [0.4, 0.5) is 13.2 Å². The highest BCUT2D eigenvalue weighted by Gasteiger charge is 2.40. The molecule has 1 fully saturated rings. The van der Waals surface area contributed by atoms with Crippen LogP contribution in [0.25, 0.3) is 10.9 Å². The van der Waals surface area contributed by atoms with E-state index in [0.717, 1.165) is 39.9 Å². The summed E-state index contributed by atoms with van der Waals surface area (Å²) in [5, 5.41) is 11.1. The summed E-state index contributed by atoms with van der Waals surface area (Å²) in [7, 11) is 1.61. The van der Waals surface area contributed by atoms with E-state index in [-0.39, 0.29) is 12.4 Å². The second-order valence-corrected chi connectivity index (χ2v) is 9.68. The van der Waals surface area contributed by atoms with Crippen molar-refractivity contribution < 1.29 is 32.5 Å². The Hall–Kier alpha value is -3.37. The van der Waals surface area contributed by atoms with E-state index >= 15 is 0 Å². The molecular formula is C28H32F3N3O4. The molecule has 1 aliphatic rings. The van der Waals surface area contributed by atoms with Crippen LogP contribution < -0.4 is 15.2 Å². The van der Waals surface area contributed by atoms with Gasteiger partial charge in [0.05, 0.1) is 18.0 Å². The molecule has 0 radical (unpaired) electrons. The number of benzene rings is 2. The number of likely N-dealkylation sites (tertiary alicyclic amines) is 1. The Morgan fingerprint density at radius 1 is 1.13 bits per heavy atom. The van der Waals surface area contributed by atoms with Gasteiger partial charge in [0.1, 0.15) is 18.1 Å². The van der Waals surface area contributed by atoms with Crippen molar-refractivity contribution in [3.63, 3.8) is 0 Å². The van der Waals surface area contributed by atoms with Crippen LogP contribution in [-0.4, -0.2) is 54.3 Å². The Labute approximate surface area is 219 Å². The van der Waals surface area contributed by atoms with Crippen molar-refractivity contribution in [1.29, 1.82) is 0 Å². The number of pyridine rings is 1. The van der Waals surface area contributed by atoms with Gasteiger partial charge in [0.25, 0.3) is 0 Å². The largest absolute Gasteiger partial charge is 0.497 e. The van der Waals surface area contributed by atoms with Crippen LogP contribution in [0.2, 0.25) is 0 Å². The number of aryl methyl sites for hydroxylation is 1. The zero-order chi connectivity index (χ0) is 27.3. The molecule has 3 aromatic rings. The third kappa shape index (κ3) is 6.02. The maximum atomic E-state index is 13.4. The maximum absolute atomic E-state index is 13.4. The zero-order valence-corrected chi connectivity index (χ0v) is 21.3. The topological polar surface area (TPSA) is 97.9 Å². The number of ether oxygens (including phenoxy) is 2. The van der Waals surface area contributed by atoms with Gasteiger partial charge in [-0.3, -0.25) is 14.7 Å². The molecule has 0 aliphatic carbocycles. The lowest BCUT2D eigenvalue weighted by atomic mass is 9.74. The number of methoxy groups -OCH3 is 1. The first kappa shape index (κ1) is 27.7. The molecule has 2 aromatic carbocycles. The SMILES string of the molecule is COc1ccc2ncc(CN)c(CCCC3(C(=O)O)CCN(CCOc4cc(F)c(F)c(F)c4)CC3)c2c1. The minimum Gasteiger partial charge on any atom is -0.497 e. The van der Waals surface area contributed by atoms with E-state index in [4.69, 9.17) is 15.2 Å². The third-order valence-electron chi connectivity index (χ3n) is 7.48. The summed E-state index contributed by atoms with van der Waals surface area (Å²) in [6.07, 6.45) is 4.63. The number of carboxylic acid groups (broad SMARTS) is 1. The number of halogens is 3. The fraction of sp³-hybridized carbons (Fsp3) is 0.429. The fourth-order valence-electron chi connectivity index (χ4n) is 5.15. The molecule has 3 N–H and O–H groups in total. The average Bonchev–Trinajstić information content (AvgIpc) is 2.92. The number of nitrogens with two attached hydrogens (primary N) is 1. The van der Waals surface area contributed by atoms with Crippen LogP contribution in [0.3, 0.4) is 0 Å². The number of rotatable bonds is 11. The minimum atomic E-state index is -1.53. The maximum Gasteiger partial charge on any atom is 0.309 e. The van der Waals surface area contributed by atoms with E-state index in [1.165, 1.54) is 0 Å². The average molecular weight is 532 g/mol. The molecule has 4 rings (SSSR count). The number of aliphatic carboxylic acids is 1. The van der Waals surface area contributed by atoms with Gasteiger partial charge in [-0.2, -0.15) is 0 Å². The number of aromatic nitrogens is 1. The van der Waals surface area contributed by atoms with E-state index in [0.29, 0.717) is 58.3 Å². The van der Waals surface area contributed by atoms with E-state index in [1.807, 2.05) is 18.2 Å². The molecule has 0 bridgehead atoms. The molecule has 1 aromatic heterocycles. The van der Waals surface area contributed by atoms with E-state index in [1.54, 1.807) is 13.3 Å². The van der Waals surface area contributed by atoms with Gasteiger partial charge in [-0.05, 0) is 74.5 Å². The summed E-state index contributed by atoms with van der Waals surface area (Å²) < 4.78 is 50.6. The molecule has 1 aliphatic heterocycles. The van der Waals surface area contributed by atoms with E-state index < -0.39 is 28.8 Å². The first-order valence-electron chi connectivity index (χ1n) is 12.6. The van der Waals surface area contributed by atoms with Crippen LogP contribution in [0.5, 0.6) is 11.5 Å². The van der Waals surface area contributed by atoms with E-state index in [9.17, 15) is 23.1 Å². The number of carboxylic acids is 1. The summed E-state index contributed by atoms with van der Waals surface area (Å²) in [6.45, 7) is 2.07. The third-order valence-corrected chi connectivity index (χ3v) is 7.48. The van der Waals surface area contributed by atoms with Gasteiger partial charge in [-0.15, -0.1) is 0 Å². The molecule has 0 spiro atoms. The lowest BCUT2D eigenvalue weighted by Gasteiger charge is -2.39. The summed E-state index contributed by atoms with van der Waals surface area (Å²) in [5.41, 5.74) is 8.00. The van der Waals surface area contributed by atoms with Gasteiger partial charge in [0.15, 0.2) is 17.5 Å². The fourth-order valence-corrected chi connectivity index (χ4v) is 5.15. The van der Waals surface area contributed by atoms with Crippen LogP contribution in [0.15, 0.2) is 36.5 Å². The van der Waals surface area contributed by atoms with Gasteiger partial charge >= 0.3 is 5.97 Å². The predicted molar refractivity (Wildman–Crippen MR) is 137 cm³/mol. The Morgan fingerprint density at radius 2 is 1.84 bits per heavy atom. The zero-order valence-electron chi connectivity index (χ0n) is 21.3. The van der Waals surface area contributed by atoms with E-state index in [2.05, 4.69) is 9.88 Å². The second-order valence-electron chi connectivity index (χ2n) is 9.68. The van der Waals surface area contributed by atoms with Crippen LogP contribution in [0, 0.1) is 22.9 Å². The number of carbonyl (C=O) groups is 1. The van der Waals surface area contributed by atoms with Gasteiger partial charge in [-0.1, -0.05) is 0 Å². The highest BCUT2D eigenvalue weighted by molar-refractivity contribution is 5.84. The second kappa shape index (κ2) is 12.0. The summed E-state index contributed by atoms with van der Waals surface area (Å²) in [6, 6.07) is 7.32. The first-order chi connectivity index (χ1) is 18.3. The van der Waals surface area contributed by atoms with Gasteiger partial charge in [0, 0.05) is 36.8 Å². The summed E-state index contributed by atoms with van der Waals surface area (Å²) in [4.78, 5) is 18.9. The predicted octanol–water partition coefficient (Wildman–Crippen LogP) is 4.69. The van der Waals surface area contributed by atoms with Crippen LogP contribution in [-0.2, 0) is 17.8 Å². The van der Waals surface area contributed by atoms with Crippen molar-refractivity contribution in [3.8, 4) is 11.5 Å². The molecule has 38 heavy (non-hydrogen) atoms. The number of piperidine rings is 1. The molecule has 0 atom stereocenters. The number of fused-ring (bicyclic) bond motifs is 1. The van der Waals surface area contributed by atoms with Crippen molar-refractivity contribution in [1.82, 2.24) is 9.88 Å². The van der Waals surface area contributed by atoms with Gasteiger partial charge in [-0.25, -0.2) is 13.2 Å².